The van der Waals surface area contributed by atoms with E-state index in [9.17, 15) is 9.50 Å². The summed E-state index contributed by atoms with van der Waals surface area (Å²) in [5, 5.41) is 9.26. The molecule has 0 saturated carbocycles. The Morgan fingerprint density at radius 2 is 2.10 bits per heavy atom. The summed E-state index contributed by atoms with van der Waals surface area (Å²) >= 11 is 0. The van der Waals surface area contributed by atoms with Crippen molar-refractivity contribution in [2.75, 3.05) is 7.11 Å². The first kappa shape index (κ1) is 13.7. The molecular formula is C16H16FNO3. The molecule has 3 N–H and O–H groups in total. The molecule has 0 saturated heterocycles. The van der Waals surface area contributed by atoms with Gasteiger partial charge in [0, 0.05) is 18.0 Å². The summed E-state index contributed by atoms with van der Waals surface area (Å²) in [6, 6.07) is 9.48. The zero-order chi connectivity index (χ0) is 15.0. The Morgan fingerprint density at radius 3 is 2.81 bits per heavy atom. The van der Waals surface area contributed by atoms with Gasteiger partial charge in [0.25, 0.3) is 0 Å². The molecule has 5 heteroatoms. The Morgan fingerprint density at radius 1 is 1.29 bits per heavy atom. The Kier molecular flexibility index (Phi) is 3.43. The van der Waals surface area contributed by atoms with Crippen LogP contribution in [0.2, 0.25) is 0 Å². The van der Waals surface area contributed by atoms with Gasteiger partial charge in [0.2, 0.25) is 0 Å². The highest BCUT2D eigenvalue weighted by molar-refractivity contribution is 5.44. The van der Waals surface area contributed by atoms with Crippen LogP contribution in [0.1, 0.15) is 29.7 Å². The van der Waals surface area contributed by atoms with Gasteiger partial charge in [-0.2, -0.15) is 0 Å². The summed E-state index contributed by atoms with van der Waals surface area (Å²) < 4.78 is 24.6. The van der Waals surface area contributed by atoms with Gasteiger partial charge in [-0.25, -0.2) is 4.39 Å². The molecule has 0 aromatic heterocycles. The summed E-state index contributed by atoms with van der Waals surface area (Å²) in [6.07, 6.45) is 0.195. The van der Waals surface area contributed by atoms with Crippen LogP contribution in [0.25, 0.3) is 0 Å². The zero-order valence-electron chi connectivity index (χ0n) is 11.5. The molecule has 0 fully saturated rings. The molecule has 0 amide bonds. The van der Waals surface area contributed by atoms with Crippen molar-refractivity contribution in [3.05, 3.63) is 53.3 Å². The molecule has 2 atom stereocenters. The van der Waals surface area contributed by atoms with Crippen LogP contribution in [-0.2, 0) is 0 Å². The number of ether oxygens (including phenoxy) is 2. The van der Waals surface area contributed by atoms with Crippen LogP contribution in [0, 0.1) is 5.82 Å². The van der Waals surface area contributed by atoms with Crippen molar-refractivity contribution in [1.82, 2.24) is 0 Å². The number of hydrogen-bond donors (Lipinski definition) is 2. The van der Waals surface area contributed by atoms with E-state index in [2.05, 4.69) is 0 Å². The van der Waals surface area contributed by atoms with Crippen molar-refractivity contribution < 1.29 is 19.0 Å². The maximum atomic E-state index is 13.5. The number of benzene rings is 2. The van der Waals surface area contributed by atoms with E-state index < -0.39 is 5.82 Å². The third-order valence-corrected chi connectivity index (χ3v) is 3.70. The monoisotopic (exact) mass is 289 g/mol. The van der Waals surface area contributed by atoms with Gasteiger partial charge in [-0.1, -0.05) is 6.07 Å². The number of methoxy groups -OCH3 is 1. The molecule has 4 nitrogen and oxygen atoms in total. The van der Waals surface area contributed by atoms with Gasteiger partial charge >= 0.3 is 0 Å². The second-order valence-electron chi connectivity index (χ2n) is 5.06. The lowest BCUT2D eigenvalue weighted by molar-refractivity contribution is 0.160. The first-order chi connectivity index (χ1) is 10.1. The van der Waals surface area contributed by atoms with E-state index in [1.165, 1.54) is 12.1 Å². The highest BCUT2D eigenvalue weighted by atomic mass is 19.1. The van der Waals surface area contributed by atoms with E-state index in [-0.39, 0.29) is 17.9 Å². The molecule has 0 aliphatic carbocycles. The van der Waals surface area contributed by atoms with Crippen molar-refractivity contribution in [3.63, 3.8) is 0 Å². The Bertz CT molecular complexity index is 675. The van der Waals surface area contributed by atoms with Crippen molar-refractivity contribution in [2.45, 2.75) is 18.6 Å². The lowest BCUT2D eigenvalue weighted by Gasteiger charge is -2.30. The lowest BCUT2D eigenvalue weighted by Crippen LogP contribution is -2.24. The maximum absolute atomic E-state index is 13.5. The average Bonchev–Trinajstić information content (AvgIpc) is 2.49. The summed E-state index contributed by atoms with van der Waals surface area (Å²) in [5.74, 6) is 0.365. The SMILES string of the molecule is COc1ccc2c(c1)[C@@H](N)CC(c1ccc(O)c(F)c1)O2. The normalized spacial score (nSPS) is 20.5. The molecule has 21 heavy (non-hydrogen) atoms. The van der Waals surface area contributed by atoms with E-state index >= 15 is 0 Å². The fraction of sp³-hybridized carbons (Fsp3) is 0.250. The number of rotatable bonds is 2. The second kappa shape index (κ2) is 5.26. The van der Waals surface area contributed by atoms with Crippen LogP contribution in [0.5, 0.6) is 17.2 Å². The summed E-state index contributed by atoms with van der Waals surface area (Å²) in [6.45, 7) is 0. The standard InChI is InChI=1S/C16H16FNO3/c1-20-10-3-5-15-11(7-10)13(18)8-16(21-15)9-2-4-14(19)12(17)6-9/h2-7,13,16,19H,8,18H2,1H3/t13-,16?/m0/s1. The maximum Gasteiger partial charge on any atom is 0.165 e. The number of aromatic hydroxyl groups is 1. The van der Waals surface area contributed by atoms with Gasteiger partial charge < -0.3 is 20.3 Å². The van der Waals surface area contributed by atoms with Crippen molar-refractivity contribution in [3.8, 4) is 17.2 Å². The number of fused-ring (bicyclic) bond motifs is 1. The van der Waals surface area contributed by atoms with E-state index in [4.69, 9.17) is 15.2 Å². The molecule has 110 valence electrons. The van der Waals surface area contributed by atoms with Crippen molar-refractivity contribution in [2.24, 2.45) is 5.73 Å². The van der Waals surface area contributed by atoms with Crippen LogP contribution < -0.4 is 15.2 Å². The Balaban J connectivity index is 1.92. The summed E-state index contributed by atoms with van der Waals surface area (Å²) in [4.78, 5) is 0. The Labute approximate surface area is 121 Å². The highest BCUT2D eigenvalue weighted by Crippen LogP contribution is 2.41. The van der Waals surface area contributed by atoms with Crippen LogP contribution in [-0.4, -0.2) is 12.2 Å². The molecule has 1 heterocycles. The molecule has 2 aromatic rings. The van der Waals surface area contributed by atoms with Gasteiger partial charge in [0.05, 0.1) is 7.11 Å². The van der Waals surface area contributed by atoms with Gasteiger partial charge in [0.15, 0.2) is 11.6 Å². The predicted octanol–water partition coefficient (Wildman–Crippen LogP) is 3.06. The van der Waals surface area contributed by atoms with Crippen molar-refractivity contribution >= 4 is 0 Å². The third-order valence-electron chi connectivity index (χ3n) is 3.70. The van der Waals surface area contributed by atoms with E-state index in [1.807, 2.05) is 6.07 Å². The molecule has 3 rings (SSSR count). The van der Waals surface area contributed by atoms with E-state index in [0.717, 1.165) is 11.3 Å². The van der Waals surface area contributed by atoms with Crippen molar-refractivity contribution in [1.29, 1.82) is 0 Å². The van der Waals surface area contributed by atoms with Gasteiger partial charge in [0.1, 0.15) is 17.6 Å². The predicted molar refractivity (Wildman–Crippen MR) is 76.0 cm³/mol. The molecule has 0 spiro atoms. The first-order valence-corrected chi connectivity index (χ1v) is 6.67. The number of phenols is 1. The largest absolute Gasteiger partial charge is 0.505 e. The summed E-state index contributed by atoms with van der Waals surface area (Å²) in [7, 11) is 1.60. The van der Waals surface area contributed by atoms with Gasteiger partial charge in [-0.3, -0.25) is 0 Å². The Hall–Kier alpha value is -2.27. The quantitative estimate of drug-likeness (QED) is 0.891. The van der Waals surface area contributed by atoms with E-state index in [0.29, 0.717) is 17.7 Å². The lowest BCUT2D eigenvalue weighted by atomic mass is 9.93. The van der Waals surface area contributed by atoms with Crippen LogP contribution >= 0.6 is 0 Å². The second-order valence-corrected chi connectivity index (χ2v) is 5.06. The third kappa shape index (κ3) is 2.52. The zero-order valence-corrected chi connectivity index (χ0v) is 11.5. The summed E-state index contributed by atoms with van der Waals surface area (Å²) in [5.41, 5.74) is 7.72. The van der Waals surface area contributed by atoms with Gasteiger partial charge in [-0.05, 0) is 35.9 Å². The molecule has 0 bridgehead atoms. The minimum Gasteiger partial charge on any atom is -0.505 e. The molecule has 1 unspecified atom stereocenters. The smallest absolute Gasteiger partial charge is 0.165 e. The van der Waals surface area contributed by atoms with Gasteiger partial charge in [-0.15, -0.1) is 0 Å². The number of halogens is 1. The minimum absolute atomic E-state index is 0.217. The molecule has 0 radical (unpaired) electrons. The van der Waals surface area contributed by atoms with Crippen LogP contribution in [0.4, 0.5) is 4.39 Å². The topological polar surface area (TPSA) is 64.7 Å². The number of phenolic OH excluding ortho intramolecular Hbond substituents is 1. The molecule has 2 aromatic carbocycles. The molecule has 1 aliphatic heterocycles. The minimum atomic E-state index is -0.662. The average molecular weight is 289 g/mol. The highest BCUT2D eigenvalue weighted by Gasteiger charge is 2.28. The fourth-order valence-corrected chi connectivity index (χ4v) is 2.54. The molecule has 1 aliphatic rings. The number of hydrogen-bond acceptors (Lipinski definition) is 4. The van der Waals surface area contributed by atoms with Crippen LogP contribution in [0.3, 0.4) is 0 Å². The van der Waals surface area contributed by atoms with Crippen LogP contribution in [0.15, 0.2) is 36.4 Å². The van der Waals surface area contributed by atoms with E-state index in [1.54, 1.807) is 25.3 Å². The number of nitrogens with two attached hydrogens (primary N) is 1. The fourth-order valence-electron chi connectivity index (χ4n) is 2.54. The molecular weight excluding hydrogens is 273 g/mol. The first-order valence-electron chi connectivity index (χ1n) is 6.67.